The monoisotopic (exact) mass is 524 g/mol. The summed E-state index contributed by atoms with van der Waals surface area (Å²) in [5.74, 6) is -2.73. The summed E-state index contributed by atoms with van der Waals surface area (Å²) in [6.07, 6.45) is 4.18. The van der Waals surface area contributed by atoms with E-state index in [9.17, 15) is 14.3 Å². The van der Waals surface area contributed by atoms with Crippen LogP contribution in [0.25, 0.3) is 11.1 Å². The van der Waals surface area contributed by atoms with Crippen LogP contribution in [0.3, 0.4) is 0 Å². The topological polar surface area (TPSA) is 59.1 Å². The number of rotatable bonds is 8. The molecular formula is C31H31F3O4. The fourth-order valence-corrected chi connectivity index (χ4v) is 5.46. The third kappa shape index (κ3) is 5.64. The Bertz CT molecular complexity index is 1300. The van der Waals surface area contributed by atoms with Crippen LogP contribution in [0.4, 0.5) is 13.2 Å². The van der Waals surface area contributed by atoms with Gasteiger partial charge >= 0.3 is 5.97 Å². The summed E-state index contributed by atoms with van der Waals surface area (Å²) < 4.78 is 54.8. The molecule has 200 valence electrons. The summed E-state index contributed by atoms with van der Waals surface area (Å²) in [6, 6.07) is 13.4. The van der Waals surface area contributed by atoms with Crippen molar-refractivity contribution in [2.45, 2.75) is 63.6 Å². The SMILES string of the molecule is CCCC(O)C1CCC(c2ccc(-c3ccc(C(=O)Oc4ccc(C5CO5)c(F)c4)cc3)c(F)c2F)CC1. The molecule has 0 bridgehead atoms. The van der Waals surface area contributed by atoms with Gasteiger partial charge in [-0.3, -0.25) is 0 Å². The van der Waals surface area contributed by atoms with Crippen molar-refractivity contribution in [1.29, 1.82) is 0 Å². The van der Waals surface area contributed by atoms with Crippen LogP contribution >= 0.6 is 0 Å². The molecule has 38 heavy (non-hydrogen) atoms. The number of ether oxygens (including phenoxy) is 2. The standard InChI is InChI=1S/C31H31F3O4/c1-2-3-27(35)20-8-4-18(5-9-20)23-14-15-24(30(34)29(23)33)19-6-10-21(11-7-19)31(36)38-22-12-13-25(26(32)16-22)28-17-37-28/h6-7,10-16,18,20,27-28,35H,2-5,8-9,17H2,1H3. The number of hydrogen-bond donors (Lipinski definition) is 1. The number of esters is 1. The van der Waals surface area contributed by atoms with E-state index in [1.165, 1.54) is 36.4 Å². The van der Waals surface area contributed by atoms with Crippen LogP contribution in [-0.4, -0.2) is 23.8 Å². The average molecular weight is 525 g/mol. The Morgan fingerprint density at radius 1 is 0.974 bits per heavy atom. The summed E-state index contributed by atoms with van der Waals surface area (Å²) in [7, 11) is 0. The first kappa shape index (κ1) is 26.4. The van der Waals surface area contributed by atoms with Crippen molar-refractivity contribution < 1.29 is 32.5 Å². The van der Waals surface area contributed by atoms with Crippen molar-refractivity contribution in [3.05, 3.63) is 88.7 Å². The van der Waals surface area contributed by atoms with E-state index in [0.29, 0.717) is 23.3 Å². The molecule has 1 heterocycles. The lowest BCUT2D eigenvalue weighted by Crippen LogP contribution is -2.25. The molecule has 1 aliphatic heterocycles. The van der Waals surface area contributed by atoms with Gasteiger partial charge in [-0.1, -0.05) is 37.6 Å². The second-order valence-electron chi connectivity index (χ2n) is 10.3. The number of hydrogen-bond acceptors (Lipinski definition) is 4. The van der Waals surface area contributed by atoms with E-state index in [-0.39, 0.29) is 40.9 Å². The summed E-state index contributed by atoms with van der Waals surface area (Å²) in [4.78, 5) is 12.5. The minimum atomic E-state index is -0.916. The molecule has 0 aromatic heterocycles. The van der Waals surface area contributed by atoms with Gasteiger partial charge in [-0.15, -0.1) is 0 Å². The van der Waals surface area contributed by atoms with Crippen LogP contribution in [0.1, 0.15) is 79.0 Å². The molecule has 7 heteroatoms. The van der Waals surface area contributed by atoms with E-state index in [0.717, 1.165) is 44.6 Å². The zero-order valence-electron chi connectivity index (χ0n) is 21.3. The third-order valence-corrected chi connectivity index (χ3v) is 7.75. The van der Waals surface area contributed by atoms with Gasteiger partial charge in [-0.2, -0.15) is 0 Å². The van der Waals surface area contributed by atoms with Gasteiger partial charge in [0.1, 0.15) is 17.7 Å². The van der Waals surface area contributed by atoms with E-state index in [1.807, 2.05) is 6.92 Å². The molecule has 2 unspecified atom stereocenters. The quantitative estimate of drug-likeness (QED) is 0.188. The summed E-state index contributed by atoms with van der Waals surface area (Å²) in [5, 5.41) is 10.3. The lowest BCUT2D eigenvalue weighted by atomic mass is 9.75. The highest BCUT2D eigenvalue weighted by atomic mass is 19.2. The second kappa shape index (κ2) is 11.3. The van der Waals surface area contributed by atoms with Gasteiger partial charge in [0.15, 0.2) is 11.6 Å². The van der Waals surface area contributed by atoms with E-state index in [2.05, 4.69) is 0 Å². The maximum Gasteiger partial charge on any atom is 0.343 e. The number of epoxide rings is 1. The van der Waals surface area contributed by atoms with Crippen LogP contribution in [0.5, 0.6) is 5.75 Å². The zero-order valence-corrected chi connectivity index (χ0v) is 21.3. The van der Waals surface area contributed by atoms with Gasteiger partial charge in [0, 0.05) is 17.2 Å². The predicted molar refractivity (Wildman–Crippen MR) is 137 cm³/mol. The molecule has 1 saturated carbocycles. The van der Waals surface area contributed by atoms with Crippen molar-refractivity contribution in [2.75, 3.05) is 6.61 Å². The molecule has 2 fully saturated rings. The van der Waals surface area contributed by atoms with Crippen molar-refractivity contribution in [3.63, 3.8) is 0 Å². The first-order valence-electron chi connectivity index (χ1n) is 13.2. The molecule has 0 spiro atoms. The zero-order chi connectivity index (χ0) is 26.8. The van der Waals surface area contributed by atoms with Crippen LogP contribution in [-0.2, 0) is 4.74 Å². The number of carbonyl (C=O) groups excluding carboxylic acids is 1. The molecule has 3 aromatic carbocycles. The molecule has 1 N–H and O–H groups in total. The van der Waals surface area contributed by atoms with E-state index < -0.39 is 23.4 Å². The van der Waals surface area contributed by atoms with Crippen molar-refractivity contribution in [3.8, 4) is 16.9 Å². The van der Waals surface area contributed by atoms with Crippen LogP contribution < -0.4 is 4.74 Å². The van der Waals surface area contributed by atoms with Gasteiger partial charge in [-0.05, 0) is 79.3 Å². The number of benzene rings is 3. The number of aliphatic hydroxyl groups is 1. The van der Waals surface area contributed by atoms with Gasteiger partial charge in [0.05, 0.1) is 18.3 Å². The number of halogens is 3. The lowest BCUT2D eigenvalue weighted by molar-refractivity contribution is 0.0725. The molecule has 5 rings (SSSR count). The Labute approximate surface area is 220 Å². The highest BCUT2D eigenvalue weighted by Gasteiger charge is 2.30. The third-order valence-electron chi connectivity index (χ3n) is 7.75. The predicted octanol–water partition coefficient (Wildman–Crippen LogP) is 7.50. The van der Waals surface area contributed by atoms with Crippen LogP contribution in [0.15, 0.2) is 54.6 Å². The van der Waals surface area contributed by atoms with E-state index in [4.69, 9.17) is 9.47 Å². The van der Waals surface area contributed by atoms with Gasteiger partial charge in [0.2, 0.25) is 0 Å². The maximum atomic E-state index is 15.1. The average Bonchev–Trinajstić information content (AvgIpc) is 3.76. The Morgan fingerprint density at radius 3 is 2.29 bits per heavy atom. The molecule has 2 atom stereocenters. The van der Waals surface area contributed by atoms with Crippen molar-refractivity contribution in [2.24, 2.45) is 5.92 Å². The fourth-order valence-electron chi connectivity index (χ4n) is 5.46. The first-order valence-corrected chi connectivity index (χ1v) is 13.2. The van der Waals surface area contributed by atoms with Gasteiger partial charge in [-0.25, -0.2) is 18.0 Å². The second-order valence-corrected chi connectivity index (χ2v) is 10.3. The summed E-state index contributed by atoms with van der Waals surface area (Å²) in [6.45, 7) is 2.52. The smallest absolute Gasteiger partial charge is 0.343 e. The molecule has 1 saturated heterocycles. The van der Waals surface area contributed by atoms with E-state index >= 15 is 8.78 Å². The largest absolute Gasteiger partial charge is 0.423 e. The first-order chi connectivity index (χ1) is 18.4. The van der Waals surface area contributed by atoms with Gasteiger partial charge < -0.3 is 14.6 Å². The minimum absolute atomic E-state index is 0.0681. The number of carbonyl (C=O) groups is 1. The van der Waals surface area contributed by atoms with E-state index in [1.54, 1.807) is 12.1 Å². The van der Waals surface area contributed by atoms with Crippen LogP contribution in [0.2, 0.25) is 0 Å². The molecular weight excluding hydrogens is 493 g/mol. The van der Waals surface area contributed by atoms with Crippen LogP contribution in [0, 0.1) is 23.4 Å². The molecule has 4 nitrogen and oxygen atoms in total. The maximum absolute atomic E-state index is 15.1. The minimum Gasteiger partial charge on any atom is -0.423 e. The Morgan fingerprint density at radius 2 is 1.66 bits per heavy atom. The number of aliphatic hydroxyl groups excluding tert-OH is 1. The molecule has 3 aromatic rings. The highest BCUT2D eigenvalue weighted by molar-refractivity contribution is 5.91. The molecule has 0 radical (unpaired) electrons. The van der Waals surface area contributed by atoms with Crippen molar-refractivity contribution in [1.82, 2.24) is 0 Å². The Balaban J connectivity index is 1.25. The Kier molecular flexibility index (Phi) is 7.86. The normalized spacial score (nSPS) is 21.7. The molecule has 2 aliphatic rings. The fraction of sp³-hybridized carbons (Fsp3) is 0.387. The van der Waals surface area contributed by atoms with Crippen molar-refractivity contribution >= 4 is 5.97 Å². The summed E-state index contributed by atoms with van der Waals surface area (Å²) in [5.41, 5.74) is 1.53. The Hall–Kier alpha value is -3.16. The molecule has 0 amide bonds. The summed E-state index contributed by atoms with van der Waals surface area (Å²) >= 11 is 0. The molecule has 1 aliphatic carbocycles. The lowest BCUT2D eigenvalue weighted by Gasteiger charge is -2.32. The highest BCUT2D eigenvalue weighted by Crippen LogP contribution is 2.40. The van der Waals surface area contributed by atoms with Gasteiger partial charge in [0.25, 0.3) is 0 Å².